The van der Waals surface area contributed by atoms with Gasteiger partial charge in [0.2, 0.25) is 0 Å². The highest BCUT2D eigenvalue weighted by Crippen LogP contribution is 2.39. The van der Waals surface area contributed by atoms with Gasteiger partial charge in [-0.2, -0.15) is 0 Å². The van der Waals surface area contributed by atoms with E-state index in [0.29, 0.717) is 6.42 Å². The number of esters is 1. The first kappa shape index (κ1) is 11.5. The SMILES string of the molecule is CC[C@]1(Cl)C(=O)O[C@@H]1CCc1ccccc1. The van der Waals surface area contributed by atoms with Crippen molar-refractivity contribution in [2.75, 3.05) is 0 Å². The number of alkyl halides is 1. The number of ether oxygens (including phenoxy) is 1. The van der Waals surface area contributed by atoms with E-state index in [0.717, 1.165) is 12.8 Å². The van der Waals surface area contributed by atoms with Crippen LogP contribution in [0, 0.1) is 0 Å². The fraction of sp³-hybridized carbons (Fsp3) is 0.462. The summed E-state index contributed by atoms with van der Waals surface area (Å²) < 4.78 is 5.10. The van der Waals surface area contributed by atoms with Gasteiger partial charge in [-0.15, -0.1) is 11.6 Å². The van der Waals surface area contributed by atoms with Crippen molar-refractivity contribution in [3.8, 4) is 0 Å². The van der Waals surface area contributed by atoms with Crippen LogP contribution in [0.3, 0.4) is 0 Å². The first-order chi connectivity index (χ1) is 7.66. The number of aryl methyl sites for hydroxylation is 1. The van der Waals surface area contributed by atoms with Crippen LogP contribution in [0.5, 0.6) is 0 Å². The Balaban J connectivity index is 1.91. The third-order valence-corrected chi connectivity index (χ3v) is 3.82. The average molecular weight is 239 g/mol. The average Bonchev–Trinajstić information content (AvgIpc) is 2.34. The topological polar surface area (TPSA) is 26.3 Å². The van der Waals surface area contributed by atoms with Crippen molar-refractivity contribution in [1.29, 1.82) is 0 Å². The Kier molecular flexibility index (Phi) is 3.20. The van der Waals surface area contributed by atoms with Crippen LogP contribution < -0.4 is 0 Å². The summed E-state index contributed by atoms with van der Waals surface area (Å²) >= 11 is 6.20. The summed E-state index contributed by atoms with van der Waals surface area (Å²) in [5.74, 6) is -0.269. The Morgan fingerprint density at radius 1 is 1.38 bits per heavy atom. The first-order valence-corrected chi connectivity index (χ1v) is 5.98. The van der Waals surface area contributed by atoms with E-state index in [1.807, 2.05) is 25.1 Å². The zero-order valence-corrected chi connectivity index (χ0v) is 10.0. The maximum atomic E-state index is 11.3. The summed E-state index contributed by atoms with van der Waals surface area (Å²) in [6.45, 7) is 1.92. The zero-order valence-electron chi connectivity index (χ0n) is 9.28. The standard InChI is InChI=1S/C13H15ClO2/c1-2-13(14)11(16-12(13)15)9-8-10-6-4-3-5-7-10/h3-7,11H,2,8-9H2,1H3/t11-,13-/m1/s1. The van der Waals surface area contributed by atoms with Gasteiger partial charge in [0.25, 0.3) is 0 Å². The molecule has 0 aliphatic carbocycles. The molecule has 0 N–H and O–H groups in total. The predicted octanol–water partition coefficient (Wildman–Crippen LogP) is 2.93. The summed E-state index contributed by atoms with van der Waals surface area (Å²) in [4.78, 5) is 10.5. The largest absolute Gasteiger partial charge is 0.458 e. The molecule has 0 saturated carbocycles. The lowest BCUT2D eigenvalue weighted by Crippen LogP contribution is -2.58. The van der Waals surface area contributed by atoms with Gasteiger partial charge in [0.15, 0.2) is 4.87 Å². The van der Waals surface area contributed by atoms with Gasteiger partial charge >= 0.3 is 5.97 Å². The molecule has 0 amide bonds. The molecule has 1 aliphatic heterocycles. The quantitative estimate of drug-likeness (QED) is 0.596. The van der Waals surface area contributed by atoms with Gasteiger partial charge in [0.1, 0.15) is 6.10 Å². The molecular formula is C13H15ClO2. The first-order valence-electron chi connectivity index (χ1n) is 5.60. The predicted molar refractivity (Wildman–Crippen MR) is 63.5 cm³/mol. The molecule has 0 aromatic heterocycles. The Bertz CT molecular complexity index is 377. The second-order valence-electron chi connectivity index (χ2n) is 4.13. The highest BCUT2D eigenvalue weighted by molar-refractivity contribution is 6.36. The van der Waals surface area contributed by atoms with Crippen LogP contribution in [-0.2, 0) is 16.0 Å². The minimum absolute atomic E-state index is 0.133. The van der Waals surface area contributed by atoms with Gasteiger partial charge in [-0.25, -0.2) is 4.79 Å². The maximum Gasteiger partial charge on any atom is 0.331 e. The third kappa shape index (κ3) is 1.94. The van der Waals surface area contributed by atoms with Crippen LogP contribution in [0.1, 0.15) is 25.3 Å². The van der Waals surface area contributed by atoms with Crippen molar-refractivity contribution in [3.05, 3.63) is 35.9 Å². The number of cyclic esters (lactones) is 1. The highest BCUT2D eigenvalue weighted by atomic mass is 35.5. The van der Waals surface area contributed by atoms with E-state index in [4.69, 9.17) is 16.3 Å². The summed E-state index contributed by atoms with van der Waals surface area (Å²) in [5.41, 5.74) is 1.25. The molecule has 0 spiro atoms. The Morgan fingerprint density at radius 2 is 2.06 bits per heavy atom. The molecule has 1 fully saturated rings. The van der Waals surface area contributed by atoms with Gasteiger partial charge in [-0.1, -0.05) is 37.3 Å². The van der Waals surface area contributed by atoms with Crippen LogP contribution in [-0.4, -0.2) is 16.9 Å². The van der Waals surface area contributed by atoms with Crippen molar-refractivity contribution in [3.63, 3.8) is 0 Å². The van der Waals surface area contributed by atoms with Crippen LogP contribution >= 0.6 is 11.6 Å². The van der Waals surface area contributed by atoms with Gasteiger partial charge < -0.3 is 4.74 Å². The van der Waals surface area contributed by atoms with E-state index in [-0.39, 0.29) is 12.1 Å². The van der Waals surface area contributed by atoms with Crippen LogP contribution in [0.2, 0.25) is 0 Å². The maximum absolute atomic E-state index is 11.3. The molecule has 1 saturated heterocycles. The number of halogens is 1. The van der Waals surface area contributed by atoms with Crippen molar-refractivity contribution in [2.45, 2.75) is 37.2 Å². The van der Waals surface area contributed by atoms with Gasteiger partial charge in [0.05, 0.1) is 0 Å². The van der Waals surface area contributed by atoms with E-state index in [1.54, 1.807) is 0 Å². The fourth-order valence-corrected chi connectivity index (χ4v) is 2.19. The second kappa shape index (κ2) is 4.46. The lowest BCUT2D eigenvalue weighted by atomic mass is 9.88. The van der Waals surface area contributed by atoms with E-state index in [2.05, 4.69) is 12.1 Å². The molecule has 86 valence electrons. The smallest absolute Gasteiger partial charge is 0.331 e. The van der Waals surface area contributed by atoms with Crippen LogP contribution in [0.25, 0.3) is 0 Å². The lowest BCUT2D eigenvalue weighted by Gasteiger charge is -2.41. The molecule has 0 bridgehead atoms. The second-order valence-corrected chi connectivity index (χ2v) is 4.81. The monoisotopic (exact) mass is 238 g/mol. The number of hydrogen-bond donors (Lipinski definition) is 0. The fourth-order valence-electron chi connectivity index (χ4n) is 2.00. The highest BCUT2D eigenvalue weighted by Gasteiger charge is 2.55. The molecular weight excluding hydrogens is 224 g/mol. The molecule has 1 aromatic rings. The number of benzene rings is 1. The number of rotatable bonds is 4. The summed E-state index contributed by atoms with van der Waals surface area (Å²) in [6, 6.07) is 10.2. The minimum atomic E-state index is -0.769. The van der Waals surface area contributed by atoms with E-state index < -0.39 is 4.87 Å². The van der Waals surface area contributed by atoms with Crippen molar-refractivity contribution in [1.82, 2.24) is 0 Å². The molecule has 1 heterocycles. The minimum Gasteiger partial charge on any atom is -0.458 e. The number of carbonyl (C=O) groups excluding carboxylic acids is 1. The Morgan fingerprint density at radius 3 is 2.62 bits per heavy atom. The van der Waals surface area contributed by atoms with Crippen LogP contribution in [0.15, 0.2) is 30.3 Å². The molecule has 1 aromatic carbocycles. The lowest BCUT2D eigenvalue weighted by molar-refractivity contribution is -0.180. The molecule has 3 heteroatoms. The summed E-state index contributed by atoms with van der Waals surface area (Å²) in [7, 11) is 0. The van der Waals surface area contributed by atoms with Gasteiger partial charge in [-0.3, -0.25) is 0 Å². The zero-order chi connectivity index (χ0) is 11.6. The Labute approximate surface area is 101 Å². The summed E-state index contributed by atoms with van der Waals surface area (Å²) in [5, 5.41) is 0. The van der Waals surface area contributed by atoms with E-state index in [9.17, 15) is 4.79 Å². The molecule has 2 nitrogen and oxygen atoms in total. The molecule has 0 unspecified atom stereocenters. The van der Waals surface area contributed by atoms with Gasteiger partial charge in [0, 0.05) is 0 Å². The van der Waals surface area contributed by atoms with E-state index >= 15 is 0 Å². The van der Waals surface area contributed by atoms with Crippen LogP contribution in [0.4, 0.5) is 0 Å². The van der Waals surface area contributed by atoms with E-state index in [1.165, 1.54) is 5.56 Å². The summed E-state index contributed by atoms with van der Waals surface area (Å²) in [6.07, 6.45) is 2.19. The van der Waals surface area contributed by atoms with Crippen molar-refractivity contribution in [2.24, 2.45) is 0 Å². The van der Waals surface area contributed by atoms with Gasteiger partial charge in [-0.05, 0) is 24.8 Å². The van der Waals surface area contributed by atoms with Crippen molar-refractivity contribution >= 4 is 17.6 Å². The third-order valence-electron chi connectivity index (χ3n) is 3.15. The Hall–Kier alpha value is -1.02. The molecule has 1 aliphatic rings. The number of carbonyl (C=O) groups is 1. The molecule has 0 radical (unpaired) electrons. The molecule has 2 rings (SSSR count). The van der Waals surface area contributed by atoms with Crippen molar-refractivity contribution < 1.29 is 9.53 Å². The number of hydrogen-bond acceptors (Lipinski definition) is 2. The molecule has 16 heavy (non-hydrogen) atoms. The molecule has 2 atom stereocenters. The normalized spacial score (nSPS) is 28.4.